The molecule has 0 fully saturated rings. The molecule has 1 heterocycles. The van der Waals surface area contributed by atoms with Crippen LogP contribution in [0.5, 0.6) is 0 Å². The minimum atomic E-state index is -3.09. The van der Waals surface area contributed by atoms with Crippen molar-refractivity contribution in [1.82, 2.24) is 10.0 Å². The minimum Gasteiger partial charge on any atom is -0.311 e. The highest BCUT2D eigenvalue weighted by atomic mass is 32.2. The smallest absolute Gasteiger partial charge is 0.212 e. The number of thiophene rings is 1. The molecule has 0 saturated heterocycles. The van der Waals surface area contributed by atoms with Crippen molar-refractivity contribution in [3.63, 3.8) is 0 Å². The Kier molecular flexibility index (Phi) is 5.40. The Morgan fingerprint density at radius 2 is 2.19 bits per heavy atom. The first-order valence-corrected chi connectivity index (χ1v) is 7.79. The van der Waals surface area contributed by atoms with E-state index in [4.69, 9.17) is 0 Å². The van der Waals surface area contributed by atoms with Gasteiger partial charge in [-0.2, -0.15) is 0 Å². The van der Waals surface area contributed by atoms with Crippen molar-refractivity contribution >= 4 is 21.4 Å². The van der Waals surface area contributed by atoms with E-state index in [-0.39, 0.29) is 5.75 Å². The molecule has 0 aliphatic heterocycles. The lowest BCUT2D eigenvalue weighted by Crippen LogP contribution is -2.31. The molecule has 2 N–H and O–H groups in total. The van der Waals surface area contributed by atoms with Crippen LogP contribution in [0.25, 0.3) is 0 Å². The molecule has 0 aromatic carbocycles. The Balaban J connectivity index is 2.25. The zero-order chi connectivity index (χ0) is 12.0. The molecule has 0 aliphatic carbocycles. The van der Waals surface area contributed by atoms with Crippen LogP contribution in [-0.2, 0) is 16.6 Å². The highest BCUT2D eigenvalue weighted by Gasteiger charge is 2.07. The van der Waals surface area contributed by atoms with Gasteiger partial charge in [-0.05, 0) is 23.9 Å². The predicted molar refractivity (Wildman–Crippen MR) is 68.2 cm³/mol. The standard InChI is InChI=1S/C10H18N2O2S2/c1-3-12-16(13,14)7-5-11-8-10-9(2)4-6-15-10/h4,6,11-12H,3,5,7-8H2,1-2H3. The molecule has 92 valence electrons. The maximum Gasteiger partial charge on any atom is 0.212 e. The highest BCUT2D eigenvalue weighted by molar-refractivity contribution is 7.89. The number of nitrogens with one attached hydrogen (secondary N) is 2. The summed E-state index contributed by atoms with van der Waals surface area (Å²) in [5, 5.41) is 5.18. The van der Waals surface area contributed by atoms with Gasteiger partial charge in [-0.1, -0.05) is 6.92 Å². The van der Waals surface area contributed by atoms with E-state index < -0.39 is 10.0 Å². The van der Waals surface area contributed by atoms with Gasteiger partial charge < -0.3 is 5.32 Å². The van der Waals surface area contributed by atoms with Crippen LogP contribution in [0.3, 0.4) is 0 Å². The topological polar surface area (TPSA) is 58.2 Å². The SMILES string of the molecule is CCNS(=O)(=O)CCNCc1sccc1C. The third-order valence-corrected chi connectivity index (χ3v) is 4.66. The largest absolute Gasteiger partial charge is 0.311 e. The van der Waals surface area contributed by atoms with Gasteiger partial charge in [0.15, 0.2) is 0 Å². The highest BCUT2D eigenvalue weighted by Crippen LogP contribution is 2.14. The van der Waals surface area contributed by atoms with E-state index in [2.05, 4.69) is 23.0 Å². The first-order valence-electron chi connectivity index (χ1n) is 5.26. The molecule has 0 bridgehead atoms. The Morgan fingerprint density at radius 3 is 2.75 bits per heavy atom. The third kappa shape index (κ3) is 4.61. The maximum atomic E-state index is 11.3. The fourth-order valence-corrected chi connectivity index (χ4v) is 3.16. The first-order chi connectivity index (χ1) is 7.55. The number of rotatable bonds is 7. The summed E-state index contributed by atoms with van der Waals surface area (Å²) >= 11 is 1.69. The lowest BCUT2D eigenvalue weighted by Gasteiger charge is -2.05. The molecular weight excluding hydrogens is 244 g/mol. The average Bonchev–Trinajstić information content (AvgIpc) is 2.59. The van der Waals surface area contributed by atoms with Gasteiger partial charge in [0.05, 0.1) is 5.75 Å². The fourth-order valence-electron chi connectivity index (χ4n) is 1.29. The van der Waals surface area contributed by atoms with Gasteiger partial charge in [0.25, 0.3) is 0 Å². The van der Waals surface area contributed by atoms with Crippen LogP contribution in [0.2, 0.25) is 0 Å². The van der Waals surface area contributed by atoms with Crippen LogP contribution in [0.1, 0.15) is 17.4 Å². The molecule has 0 saturated carbocycles. The van der Waals surface area contributed by atoms with Crippen LogP contribution in [0, 0.1) is 6.92 Å². The average molecular weight is 262 g/mol. The molecule has 0 spiro atoms. The summed E-state index contributed by atoms with van der Waals surface area (Å²) in [7, 11) is -3.09. The molecular formula is C10H18N2O2S2. The van der Waals surface area contributed by atoms with Gasteiger partial charge in [-0.25, -0.2) is 13.1 Å². The second kappa shape index (κ2) is 6.34. The van der Waals surface area contributed by atoms with Gasteiger partial charge in [0, 0.05) is 24.5 Å². The van der Waals surface area contributed by atoms with Crippen LogP contribution in [0.15, 0.2) is 11.4 Å². The summed E-state index contributed by atoms with van der Waals surface area (Å²) in [5.74, 6) is 0.130. The quantitative estimate of drug-likeness (QED) is 0.723. The van der Waals surface area contributed by atoms with Crippen molar-refractivity contribution in [1.29, 1.82) is 0 Å². The van der Waals surface area contributed by atoms with E-state index in [1.165, 1.54) is 10.4 Å². The Hall–Kier alpha value is -0.430. The monoisotopic (exact) mass is 262 g/mol. The second-order valence-electron chi connectivity index (χ2n) is 3.52. The normalized spacial score (nSPS) is 11.9. The van der Waals surface area contributed by atoms with E-state index in [0.717, 1.165) is 6.54 Å². The molecule has 0 atom stereocenters. The molecule has 1 aromatic rings. The predicted octanol–water partition coefficient (Wildman–Crippen LogP) is 1.09. The zero-order valence-electron chi connectivity index (χ0n) is 9.62. The van der Waals surface area contributed by atoms with Gasteiger partial charge in [-0.3, -0.25) is 0 Å². The van der Waals surface area contributed by atoms with E-state index in [9.17, 15) is 8.42 Å². The van der Waals surface area contributed by atoms with E-state index >= 15 is 0 Å². The lowest BCUT2D eigenvalue weighted by atomic mass is 10.3. The third-order valence-electron chi connectivity index (χ3n) is 2.17. The summed E-state index contributed by atoms with van der Waals surface area (Å²) in [5.41, 5.74) is 1.26. The van der Waals surface area contributed by atoms with Crippen molar-refractivity contribution in [2.45, 2.75) is 20.4 Å². The molecule has 1 rings (SSSR count). The van der Waals surface area contributed by atoms with Gasteiger partial charge in [0.2, 0.25) is 10.0 Å². The van der Waals surface area contributed by atoms with Crippen LogP contribution in [-0.4, -0.2) is 27.3 Å². The minimum absolute atomic E-state index is 0.130. The fraction of sp³-hybridized carbons (Fsp3) is 0.600. The summed E-state index contributed by atoms with van der Waals surface area (Å²) in [6, 6.07) is 2.07. The summed E-state index contributed by atoms with van der Waals surface area (Å²) in [6.45, 7) is 5.51. The molecule has 4 nitrogen and oxygen atoms in total. The van der Waals surface area contributed by atoms with Gasteiger partial charge in [0.1, 0.15) is 0 Å². The molecule has 16 heavy (non-hydrogen) atoms. The van der Waals surface area contributed by atoms with E-state index in [1.54, 1.807) is 18.3 Å². The Labute approximate surface area is 101 Å². The first kappa shape index (κ1) is 13.6. The van der Waals surface area contributed by atoms with Crippen molar-refractivity contribution in [3.8, 4) is 0 Å². The molecule has 0 unspecified atom stereocenters. The van der Waals surface area contributed by atoms with Crippen molar-refractivity contribution in [2.24, 2.45) is 0 Å². The molecule has 0 amide bonds. The number of hydrogen-bond acceptors (Lipinski definition) is 4. The molecule has 0 aliphatic rings. The summed E-state index contributed by atoms with van der Waals surface area (Å²) in [4.78, 5) is 1.26. The summed E-state index contributed by atoms with van der Waals surface area (Å²) < 4.78 is 25.1. The van der Waals surface area contributed by atoms with Gasteiger partial charge >= 0.3 is 0 Å². The molecule has 0 radical (unpaired) electrons. The Bertz CT molecular complexity index is 412. The van der Waals surface area contributed by atoms with Crippen molar-refractivity contribution in [2.75, 3.05) is 18.8 Å². The number of sulfonamides is 1. The maximum absolute atomic E-state index is 11.3. The van der Waals surface area contributed by atoms with Gasteiger partial charge in [-0.15, -0.1) is 11.3 Å². The Morgan fingerprint density at radius 1 is 1.44 bits per heavy atom. The van der Waals surface area contributed by atoms with E-state index in [1.807, 2.05) is 5.38 Å². The van der Waals surface area contributed by atoms with Crippen LogP contribution < -0.4 is 10.0 Å². The molecule has 1 aromatic heterocycles. The van der Waals surface area contributed by atoms with Crippen molar-refractivity contribution < 1.29 is 8.42 Å². The summed E-state index contributed by atoms with van der Waals surface area (Å²) in [6.07, 6.45) is 0. The second-order valence-corrected chi connectivity index (χ2v) is 6.45. The lowest BCUT2D eigenvalue weighted by molar-refractivity contribution is 0.579. The van der Waals surface area contributed by atoms with Crippen LogP contribution >= 0.6 is 11.3 Å². The van der Waals surface area contributed by atoms with E-state index in [0.29, 0.717) is 13.1 Å². The molecule has 6 heteroatoms. The number of aryl methyl sites for hydroxylation is 1. The zero-order valence-corrected chi connectivity index (χ0v) is 11.2. The van der Waals surface area contributed by atoms with Crippen LogP contribution in [0.4, 0.5) is 0 Å². The number of hydrogen-bond donors (Lipinski definition) is 2. The van der Waals surface area contributed by atoms with Crippen molar-refractivity contribution in [3.05, 3.63) is 21.9 Å².